The number of hydrogen-bond acceptors (Lipinski definition) is 14. The minimum Gasteiger partial charge on any atom is -0.399 e. The van der Waals surface area contributed by atoms with E-state index in [1.165, 1.54) is 55.4 Å². The van der Waals surface area contributed by atoms with Gasteiger partial charge in [-0.2, -0.15) is 0 Å². The van der Waals surface area contributed by atoms with Gasteiger partial charge in [-0.05, 0) is 60.7 Å². The van der Waals surface area contributed by atoms with Crippen LogP contribution in [0.3, 0.4) is 0 Å². The highest BCUT2D eigenvalue weighted by Crippen LogP contribution is 2.21. The van der Waals surface area contributed by atoms with Gasteiger partial charge < -0.3 is 41.6 Å². The molecular weight excluding hydrogens is 932 g/mol. The van der Waals surface area contributed by atoms with Crippen molar-refractivity contribution < 1.29 is 17.6 Å². The van der Waals surface area contributed by atoms with E-state index in [4.69, 9.17) is 23.1 Å². The van der Waals surface area contributed by atoms with Gasteiger partial charge in [-0.1, -0.05) is 65.3 Å². The van der Waals surface area contributed by atoms with Crippen LogP contribution in [0.4, 0.5) is 40.6 Å². The van der Waals surface area contributed by atoms with Crippen LogP contribution in [0.25, 0.3) is 44.1 Å². The molecule has 0 aliphatic carbocycles. The number of rotatable bonds is 6. The second kappa shape index (κ2) is 26.7. The molecule has 9 N–H and O–H groups in total. The summed E-state index contributed by atoms with van der Waals surface area (Å²) in [5.74, 6) is -0.0286. The summed E-state index contributed by atoms with van der Waals surface area (Å²) in [5, 5.41) is 3.83. The van der Waals surface area contributed by atoms with E-state index in [1.807, 2.05) is 41.5 Å². The molecule has 0 aliphatic heterocycles. The lowest BCUT2D eigenvalue weighted by Crippen LogP contribution is -2.23. The first-order chi connectivity index (χ1) is 33.8. The quantitative estimate of drug-likeness (QED) is 0.0605. The molecule has 0 amide bonds. The minimum absolute atomic E-state index is 0.0399. The first kappa shape index (κ1) is 54.1. The number of fused-ring (bicyclic) bond motifs is 4. The van der Waals surface area contributed by atoms with Crippen molar-refractivity contribution in [2.75, 3.05) is 28.7 Å². The van der Waals surface area contributed by atoms with E-state index in [0.717, 1.165) is 18.2 Å². The number of hydrogen-bond donors (Lipinski definition) is 7. The molecule has 0 aliphatic rings. The Hall–Kier alpha value is -8.53. The number of imidazole rings is 2. The molecule has 0 bridgehead atoms. The maximum absolute atomic E-state index is 13.7. The molecule has 6 heterocycles. The summed E-state index contributed by atoms with van der Waals surface area (Å²) in [5.41, 5.74) is 13.6. The summed E-state index contributed by atoms with van der Waals surface area (Å²) in [6.45, 7) is 12.6. The van der Waals surface area contributed by atoms with Gasteiger partial charge >= 0.3 is 0 Å². The van der Waals surface area contributed by atoms with Crippen molar-refractivity contribution in [1.82, 2.24) is 59.8 Å². The first-order valence-corrected chi connectivity index (χ1v) is 22.0. The Morgan fingerprint density at radius 2 is 1.16 bits per heavy atom. The van der Waals surface area contributed by atoms with Crippen LogP contribution < -0.4 is 32.8 Å². The number of benzene rings is 4. The Morgan fingerprint density at radius 1 is 0.614 bits per heavy atom. The molecule has 0 fully saturated rings. The topological polar surface area (TPSA) is 268 Å². The van der Waals surface area contributed by atoms with Crippen LogP contribution in [-0.2, 0) is 13.1 Å². The first-order valence-electron chi connectivity index (χ1n) is 21.6. The summed E-state index contributed by atoms with van der Waals surface area (Å²) in [6.07, 6.45) is 5.92. The van der Waals surface area contributed by atoms with E-state index < -0.39 is 23.0 Å². The summed E-state index contributed by atoms with van der Waals surface area (Å²) < 4.78 is 50.0. The minimum atomic E-state index is -0.646. The van der Waals surface area contributed by atoms with Crippen LogP contribution in [0.2, 0.25) is 5.02 Å². The van der Waals surface area contributed by atoms with Gasteiger partial charge in [-0.15, -0.1) is 0 Å². The largest absolute Gasteiger partial charge is 0.399 e. The van der Waals surface area contributed by atoms with E-state index >= 15 is 0 Å². The van der Waals surface area contributed by atoms with Crippen molar-refractivity contribution in [1.29, 1.82) is 0 Å². The molecular formula is C47H51ClF4N16O2. The van der Waals surface area contributed by atoms with Gasteiger partial charge in [0.25, 0.3) is 11.1 Å². The van der Waals surface area contributed by atoms with Crippen LogP contribution in [0.15, 0.2) is 114 Å². The molecule has 18 nitrogen and oxygen atoms in total. The van der Waals surface area contributed by atoms with Crippen LogP contribution in [0, 0.1) is 23.3 Å². The Kier molecular flexibility index (Phi) is 20.6. The monoisotopic (exact) mass is 982 g/mol. The second-order valence-electron chi connectivity index (χ2n) is 13.4. The zero-order chi connectivity index (χ0) is 51.3. The Bertz CT molecular complexity index is 3280. The zero-order valence-electron chi connectivity index (χ0n) is 39.1. The molecule has 4 aromatic carbocycles. The van der Waals surface area contributed by atoms with Gasteiger partial charge in [0.2, 0.25) is 0 Å². The highest BCUT2D eigenvalue weighted by Gasteiger charge is 2.14. The van der Waals surface area contributed by atoms with Crippen molar-refractivity contribution in [3.63, 3.8) is 0 Å². The average Bonchev–Trinajstić information content (AvgIpc) is 4.05. The molecule has 10 aromatic rings. The number of aromatic nitrogens is 12. The van der Waals surface area contributed by atoms with E-state index in [9.17, 15) is 27.2 Å². The summed E-state index contributed by atoms with van der Waals surface area (Å²) >= 11 is 6.04. The van der Waals surface area contributed by atoms with Gasteiger partial charge in [0.1, 0.15) is 64.0 Å². The van der Waals surface area contributed by atoms with E-state index in [1.54, 1.807) is 42.5 Å². The van der Waals surface area contributed by atoms with Crippen LogP contribution in [-0.4, -0.2) is 66.9 Å². The average molecular weight is 983 g/mol. The van der Waals surface area contributed by atoms with Gasteiger partial charge in [-0.25, -0.2) is 57.4 Å². The molecule has 0 atom stereocenters. The van der Waals surface area contributed by atoms with Crippen molar-refractivity contribution in [2.45, 2.75) is 54.6 Å². The molecule has 0 unspecified atom stereocenters. The van der Waals surface area contributed by atoms with Gasteiger partial charge in [-0.3, -0.25) is 9.59 Å². The third-order valence-electron chi connectivity index (χ3n) is 8.82. The normalized spacial score (nSPS) is 10.1. The number of aromatic amines is 4. The standard InChI is InChI=1S/C15H12FN7O.C14H10ClN7O.C6H5F2N.C6H6FN.3C2H6/c1-23(14-12-13(18-6-17-12)19-7-20-14)5-10-21-9-4-2-3-8(16)11(9)15(24)22-10;15-7-2-1-3-8-10(7)14(23)22-9(21-8)4-16-12-11-13(18-5-17-11)20-6-19-12;7-4-1-5(8)3-6(9)2-4;7-5-1-3-6(8)4-2-5;3*1-2/h2-4,6-7H,5H2,1H3,(H,21,22,24)(H,17,18,19,20);1-3,5-6H,4H2,(H,21,22,23)(H2,16,17,18,19,20);1-3H,9H2;1-4H,8H2;3*1-2H3. The SMILES string of the molecule is CC.CC.CC.CN(Cc1nc2cccc(F)c2c(=O)[nH]1)c1ncnc2nc[nH]c12.Nc1cc(F)cc(F)c1.Nc1ccc(F)cc1.O=c1[nH]c(CNc2ncnc3nc[nH]c23)nc2cccc(Cl)c12. The van der Waals surface area contributed by atoms with E-state index in [0.29, 0.717) is 79.3 Å². The van der Waals surface area contributed by atoms with Crippen LogP contribution in [0.5, 0.6) is 0 Å². The molecule has 10 rings (SSSR count). The lowest BCUT2D eigenvalue weighted by Gasteiger charge is -2.17. The van der Waals surface area contributed by atoms with E-state index in [-0.39, 0.29) is 29.0 Å². The lowest BCUT2D eigenvalue weighted by molar-refractivity contribution is 0.584. The molecule has 0 saturated heterocycles. The van der Waals surface area contributed by atoms with Crippen LogP contribution >= 0.6 is 11.6 Å². The Morgan fingerprint density at radius 3 is 1.79 bits per heavy atom. The maximum atomic E-state index is 13.7. The fourth-order valence-electron chi connectivity index (χ4n) is 6.00. The third kappa shape index (κ3) is 14.5. The number of halogens is 5. The Labute approximate surface area is 403 Å². The number of nitrogens with one attached hydrogen (secondary N) is 5. The highest BCUT2D eigenvalue weighted by atomic mass is 35.5. The number of H-pyrrole nitrogens is 4. The molecule has 0 spiro atoms. The molecule has 70 heavy (non-hydrogen) atoms. The van der Waals surface area contributed by atoms with Gasteiger partial charge in [0.15, 0.2) is 22.9 Å². The lowest BCUT2D eigenvalue weighted by atomic mass is 10.2. The summed E-state index contributed by atoms with van der Waals surface area (Å²) in [4.78, 5) is 70.7. The fraction of sp³-hybridized carbons (Fsp3) is 0.191. The molecule has 0 radical (unpaired) electrons. The summed E-state index contributed by atoms with van der Waals surface area (Å²) in [6, 6.07) is 18.1. The number of nitrogens with zero attached hydrogens (tertiary/aromatic N) is 9. The predicted octanol–water partition coefficient (Wildman–Crippen LogP) is 9.25. The number of nitrogens with two attached hydrogens (primary N) is 2. The summed E-state index contributed by atoms with van der Waals surface area (Å²) in [7, 11) is 1.80. The zero-order valence-corrected chi connectivity index (χ0v) is 39.9. The number of anilines is 4. The molecule has 0 saturated carbocycles. The second-order valence-corrected chi connectivity index (χ2v) is 13.8. The maximum Gasteiger partial charge on any atom is 0.261 e. The highest BCUT2D eigenvalue weighted by molar-refractivity contribution is 6.35. The van der Waals surface area contributed by atoms with Crippen molar-refractivity contribution >= 4 is 78.7 Å². The molecule has 6 aromatic heterocycles. The van der Waals surface area contributed by atoms with Gasteiger partial charge in [0.05, 0.1) is 47.2 Å². The van der Waals surface area contributed by atoms with E-state index in [2.05, 4.69) is 65.1 Å². The molecule has 23 heteroatoms. The third-order valence-corrected chi connectivity index (χ3v) is 9.13. The fourth-order valence-corrected chi connectivity index (χ4v) is 6.25. The van der Waals surface area contributed by atoms with Gasteiger partial charge in [0, 0.05) is 24.5 Å². The number of nitrogen functional groups attached to an aromatic ring is 2. The van der Waals surface area contributed by atoms with Crippen molar-refractivity contribution in [3.8, 4) is 0 Å². The van der Waals surface area contributed by atoms with Crippen LogP contribution in [0.1, 0.15) is 53.2 Å². The smallest absolute Gasteiger partial charge is 0.261 e. The Balaban J connectivity index is 0.000000213. The molecule has 366 valence electrons. The van der Waals surface area contributed by atoms with Crippen molar-refractivity contribution in [2.24, 2.45) is 0 Å². The van der Waals surface area contributed by atoms with Crippen molar-refractivity contribution in [3.05, 3.63) is 165 Å². The predicted molar refractivity (Wildman–Crippen MR) is 268 cm³/mol.